The van der Waals surface area contributed by atoms with Crippen LogP contribution in [0.3, 0.4) is 0 Å². The molecule has 0 unspecified atom stereocenters. The number of amides is 1. The van der Waals surface area contributed by atoms with Crippen molar-refractivity contribution in [2.45, 2.75) is 46.0 Å². The van der Waals surface area contributed by atoms with Gasteiger partial charge in [0.1, 0.15) is 0 Å². The van der Waals surface area contributed by atoms with E-state index in [9.17, 15) is 9.59 Å². The molecular formula is C20H25NO4. The molecule has 0 saturated carbocycles. The van der Waals surface area contributed by atoms with Gasteiger partial charge < -0.3 is 4.74 Å². The molecule has 0 aromatic heterocycles. The summed E-state index contributed by atoms with van der Waals surface area (Å²) in [4.78, 5) is 23.7. The lowest BCUT2D eigenvalue weighted by Crippen LogP contribution is -2.20. The number of aryl methyl sites for hydroxylation is 1. The maximum atomic E-state index is 12.3. The summed E-state index contributed by atoms with van der Waals surface area (Å²) in [5.41, 5.74) is 5.93. The number of carbonyl (C=O) groups excluding carboxylic acids is 2. The molecule has 0 aromatic rings. The summed E-state index contributed by atoms with van der Waals surface area (Å²) in [5.74, 6) is -0.797. The predicted octanol–water partition coefficient (Wildman–Crippen LogP) is 3.75. The van der Waals surface area contributed by atoms with Gasteiger partial charge in [0.05, 0.1) is 18.6 Å². The molecule has 0 aromatic carbocycles. The summed E-state index contributed by atoms with van der Waals surface area (Å²) in [6, 6.07) is 9.38. The zero-order chi connectivity index (χ0) is 18.2. The van der Waals surface area contributed by atoms with Gasteiger partial charge in [-0.15, -0.1) is 0 Å². The Hall–Kier alpha value is -2.40. The van der Waals surface area contributed by atoms with E-state index in [2.05, 4.69) is 6.92 Å². The number of nitrogens with one attached hydrogen (secondary N) is 1. The van der Waals surface area contributed by atoms with Crippen LogP contribution in [0, 0.1) is 0 Å². The number of carbonyl (C=O) groups is 2. The molecule has 0 aliphatic heterocycles. The van der Waals surface area contributed by atoms with Gasteiger partial charge in [0.15, 0.2) is 0 Å². The fourth-order valence-corrected chi connectivity index (χ4v) is 2.95. The van der Waals surface area contributed by atoms with E-state index in [1.54, 1.807) is 18.5 Å². The third kappa shape index (κ3) is 4.79. The molecule has 0 saturated heterocycles. The van der Waals surface area contributed by atoms with Gasteiger partial charge in [0.25, 0.3) is 0 Å². The molecule has 25 heavy (non-hydrogen) atoms. The Morgan fingerprint density at radius 1 is 1.08 bits per heavy atom. The quantitative estimate of drug-likeness (QED) is 0.331. The topological polar surface area (TPSA) is 75.6 Å². The Labute approximate surface area is 148 Å². The van der Waals surface area contributed by atoms with Gasteiger partial charge in [-0.25, -0.2) is 10.3 Å². The Bertz CT molecular complexity index is 711. The minimum absolute atomic E-state index is 0.0771. The summed E-state index contributed by atoms with van der Waals surface area (Å²) >= 11 is 0. The smallest absolute Gasteiger partial charge is 0.338 e. The minimum atomic E-state index is -0.473. The molecule has 0 bridgehead atoms. The highest BCUT2D eigenvalue weighted by Gasteiger charge is 2.20. The highest BCUT2D eigenvalue weighted by Crippen LogP contribution is 2.34. The van der Waals surface area contributed by atoms with Crippen LogP contribution in [-0.4, -0.2) is 23.7 Å². The second-order valence-electron chi connectivity index (χ2n) is 6.04. The first-order valence-corrected chi connectivity index (χ1v) is 8.75. The number of fused-ring (bicyclic) bond motifs is 1. The van der Waals surface area contributed by atoms with Crippen molar-refractivity contribution in [1.82, 2.24) is 5.48 Å². The Kier molecular flexibility index (Phi) is 6.95. The standard InChI is InChI=1S/C20H25NO4/c1-3-5-6-7-15-13-18(20(23)25-4-2)17-11-9-14(8-10-16(15)17)12-19(22)21-24/h8-11,13,24H,3-7,12H2,1-2H3,(H,21,22). The third-order valence-electron chi connectivity index (χ3n) is 4.21. The number of hydroxylamine groups is 1. The largest absolute Gasteiger partial charge is 0.462 e. The van der Waals surface area contributed by atoms with Crippen LogP contribution >= 0.6 is 0 Å². The van der Waals surface area contributed by atoms with Crippen molar-refractivity contribution in [2.75, 3.05) is 6.61 Å². The van der Waals surface area contributed by atoms with Gasteiger partial charge in [-0.1, -0.05) is 44.0 Å². The molecule has 5 heteroatoms. The van der Waals surface area contributed by atoms with E-state index in [0.717, 1.165) is 47.9 Å². The van der Waals surface area contributed by atoms with Crippen molar-refractivity contribution in [2.24, 2.45) is 0 Å². The molecule has 0 spiro atoms. The van der Waals surface area contributed by atoms with Crippen molar-refractivity contribution in [3.63, 3.8) is 0 Å². The van der Waals surface area contributed by atoms with Crippen LogP contribution in [0.1, 0.15) is 54.6 Å². The number of hydrogen-bond acceptors (Lipinski definition) is 4. The maximum absolute atomic E-state index is 12.3. The molecule has 2 aliphatic carbocycles. The average Bonchev–Trinajstić information content (AvgIpc) is 2.82. The van der Waals surface area contributed by atoms with Crippen molar-refractivity contribution in [3.05, 3.63) is 47.0 Å². The molecule has 2 N–H and O–H groups in total. The van der Waals surface area contributed by atoms with Crippen LogP contribution in [0.2, 0.25) is 0 Å². The second kappa shape index (κ2) is 9.18. The van der Waals surface area contributed by atoms with Crippen LogP contribution in [0.25, 0.3) is 11.1 Å². The molecule has 0 fully saturated rings. The highest BCUT2D eigenvalue weighted by atomic mass is 16.5. The number of ether oxygens (including phenoxy) is 1. The van der Waals surface area contributed by atoms with E-state index in [1.807, 2.05) is 24.3 Å². The zero-order valence-corrected chi connectivity index (χ0v) is 14.8. The lowest BCUT2D eigenvalue weighted by Gasteiger charge is -2.02. The summed E-state index contributed by atoms with van der Waals surface area (Å²) < 4.78 is 5.18. The first-order chi connectivity index (χ1) is 12.1. The summed E-state index contributed by atoms with van der Waals surface area (Å²) in [6.07, 6.45) is 4.32. The molecular weight excluding hydrogens is 318 g/mol. The maximum Gasteiger partial charge on any atom is 0.338 e. The number of hydrogen-bond donors (Lipinski definition) is 2. The summed E-state index contributed by atoms with van der Waals surface area (Å²) in [7, 11) is 0. The van der Waals surface area contributed by atoms with Crippen LogP contribution in [0.15, 0.2) is 30.3 Å². The van der Waals surface area contributed by atoms with Gasteiger partial charge in [-0.05, 0) is 48.1 Å². The normalized spacial score (nSPS) is 10.7. The van der Waals surface area contributed by atoms with Gasteiger partial charge in [-0.3, -0.25) is 10.0 Å². The first kappa shape index (κ1) is 18.9. The van der Waals surface area contributed by atoms with Crippen molar-refractivity contribution in [1.29, 1.82) is 0 Å². The molecule has 0 atom stereocenters. The zero-order valence-electron chi connectivity index (χ0n) is 14.8. The van der Waals surface area contributed by atoms with E-state index >= 15 is 0 Å². The fraction of sp³-hybridized carbons (Fsp3) is 0.400. The van der Waals surface area contributed by atoms with E-state index < -0.39 is 5.91 Å². The average molecular weight is 343 g/mol. The molecule has 1 amide bonds. The van der Waals surface area contributed by atoms with E-state index in [-0.39, 0.29) is 12.4 Å². The number of rotatable bonds is 8. The Morgan fingerprint density at radius 3 is 2.44 bits per heavy atom. The lowest BCUT2D eigenvalue weighted by molar-refractivity contribution is -0.128. The summed E-state index contributed by atoms with van der Waals surface area (Å²) in [6.45, 7) is 4.28. The molecule has 2 rings (SSSR count). The third-order valence-corrected chi connectivity index (χ3v) is 4.21. The van der Waals surface area contributed by atoms with Crippen LogP contribution in [0.4, 0.5) is 0 Å². The molecule has 134 valence electrons. The summed E-state index contributed by atoms with van der Waals surface area (Å²) in [5, 5.41) is 8.69. The number of unbranched alkanes of at least 4 members (excludes halogenated alkanes) is 2. The highest BCUT2D eigenvalue weighted by molar-refractivity contribution is 6.00. The molecule has 2 aliphatic rings. The van der Waals surface area contributed by atoms with E-state index in [4.69, 9.17) is 9.94 Å². The second-order valence-corrected chi connectivity index (χ2v) is 6.04. The van der Waals surface area contributed by atoms with Crippen LogP contribution in [0.5, 0.6) is 0 Å². The monoisotopic (exact) mass is 343 g/mol. The van der Waals surface area contributed by atoms with Crippen LogP contribution in [-0.2, 0) is 22.4 Å². The lowest BCUT2D eigenvalue weighted by atomic mass is 10.0. The van der Waals surface area contributed by atoms with Gasteiger partial charge in [-0.2, -0.15) is 0 Å². The SMILES string of the molecule is CCCCCc1cc(C(=O)OCC)c2ccc(CC(=O)NO)ccc1-2. The van der Waals surface area contributed by atoms with E-state index in [0.29, 0.717) is 12.2 Å². The van der Waals surface area contributed by atoms with Crippen molar-refractivity contribution in [3.8, 4) is 11.1 Å². The van der Waals surface area contributed by atoms with Crippen molar-refractivity contribution < 1.29 is 19.5 Å². The van der Waals surface area contributed by atoms with Crippen LogP contribution < -0.4 is 5.48 Å². The van der Waals surface area contributed by atoms with E-state index in [1.165, 1.54) is 0 Å². The Balaban J connectivity index is 2.42. The van der Waals surface area contributed by atoms with Crippen molar-refractivity contribution >= 4 is 11.9 Å². The van der Waals surface area contributed by atoms with Gasteiger partial charge in [0, 0.05) is 0 Å². The van der Waals surface area contributed by atoms with Gasteiger partial charge in [0.2, 0.25) is 5.91 Å². The number of esters is 1. The molecule has 0 radical (unpaired) electrons. The molecule has 5 nitrogen and oxygen atoms in total. The fourth-order valence-electron chi connectivity index (χ4n) is 2.95. The molecule has 0 heterocycles. The van der Waals surface area contributed by atoms with Gasteiger partial charge >= 0.3 is 5.97 Å². The first-order valence-electron chi connectivity index (χ1n) is 8.75. The Morgan fingerprint density at radius 2 is 1.80 bits per heavy atom. The minimum Gasteiger partial charge on any atom is -0.462 e. The predicted molar refractivity (Wildman–Crippen MR) is 95.9 cm³/mol.